The summed E-state index contributed by atoms with van der Waals surface area (Å²) in [6.07, 6.45) is 1.90. The molecule has 7 heteroatoms. The maximum atomic E-state index is 12.7. The summed E-state index contributed by atoms with van der Waals surface area (Å²) in [6.45, 7) is 3.05. The van der Waals surface area contributed by atoms with Gasteiger partial charge in [-0.25, -0.2) is 0 Å². The predicted octanol–water partition coefficient (Wildman–Crippen LogP) is 1.89. The second-order valence-corrected chi connectivity index (χ2v) is 6.33. The Bertz CT molecular complexity index is 599. The summed E-state index contributed by atoms with van der Waals surface area (Å²) in [5.74, 6) is 0.256. The van der Waals surface area contributed by atoms with Gasteiger partial charge in [0.15, 0.2) is 6.61 Å². The molecule has 0 saturated carbocycles. The minimum atomic E-state index is -0.415. The van der Waals surface area contributed by atoms with Gasteiger partial charge in [-0.05, 0) is 25.0 Å². The second kappa shape index (κ2) is 10.0. The molecule has 0 radical (unpaired) electrons. The van der Waals surface area contributed by atoms with Gasteiger partial charge in [0.25, 0.3) is 5.91 Å². The number of amides is 1. The van der Waals surface area contributed by atoms with E-state index in [0.29, 0.717) is 24.7 Å². The average molecular weight is 365 g/mol. The molecule has 144 valence electrons. The van der Waals surface area contributed by atoms with Gasteiger partial charge in [-0.15, -0.1) is 0 Å². The van der Waals surface area contributed by atoms with Crippen LogP contribution in [0.5, 0.6) is 11.5 Å². The normalized spacial score (nSPS) is 17.4. The summed E-state index contributed by atoms with van der Waals surface area (Å²) in [4.78, 5) is 26.0. The lowest BCUT2D eigenvalue weighted by atomic mass is 10.1. The molecule has 26 heavy (non-hydrogen) atoms. The lowest BCUT2D eigenvalue weighted by molar-refractivity contribution is -0.147. The smallest absolute Gasteiger partial charge is 0.310 e. The second-order valence-electron chi connectivity index (χ2n) is 6.33. The van der Waals surface area contributed by atoms with E-state index >= 15 is 0 Å². The Hall–Kier alpha value is -2.28. The van der Waals surface area contributed by atoms with Crippen LogP contribution in [0.15, 0.2) is 24.3 Å². The molecule has 2 atom stereocenters. The molecule has 2 rings (SSSR count). The summed E-state index contributed by atoms with van der Waals surface area (Å²) < 4.78 is 21.1. The Kier molecular flexibility index (Phi) is 7.72. The van der Waals surface area contributed by atoms with Gasteiger partial charge >= 0.3 is 5.97 Å². The van der Waals surface area contributed by atoms with Gasteiger partial charge in [0.2, 0.25) is 0 Å². The largest absolute Gasteiger partial charge is 0.497 e. The van der Waals surface area contributed by atoms with E-state index in [1.54, 1.807) is 43.2 Å². The summed E-state index contributed by atoms with van der Waals surface area (Å²) in [5, 5.41) is 0. The van der Waals surface area contributed by atoms with Crippen molar-refractivity contribution in [1.82, 2.24) is 4.90 Å². The van der Waals surface area contributed by atoms with Crippen LogP contribution in [0.4, 0.5) is 0 Å². The van der Waals surface area contributed by atoms with Gasteiger partial charge in [-0.1, -0.05) is 13.0 Å². The zero-order chi connectivity index (χ0) is 18.9. The minimum Gasteiger partial charge on any atom is -0.497 e. The first-order chi connectivity index (χ1) is 12.5. The third-order valence-electron chi connectivity index (χ3n) is 4.30. The van der Waals surface area contributed by atoms with Gasteiger partial charge in [0.1, 0.15) is 11.5 Å². The summed E-state index contributed by atoms with van der Waals surface area (Å²) >= 11 is 0. The summed E-state index contributed by atoms with van der Waals surface area (Å²) in [7, 11) is 2.92. The fourth-order valence-corrected chi connectivity index (χ4v) is 2.85. The molecule has 1 heterocycles. The highest BCUT2D eigenvalue weighted by molar-refractivity contribution is 5.79. The van der Waals surface area contributed by atoms with E-state index in [9.17, 15) is 9.59 Å². The Morgan fingerprint density at radius 1 is 1.31 bits per heavy atom. The first-order valence-electron chi connectivity index (χ1n) is 8.77. The molecule has 0 aliphatic carbocycles. The van der Waals surface area contributed by atoms with E-state index in [0.717, 1.165) is 12.8 Å². The fourth-order valence-electron chi connectivity index (χ4n) is 2.85. The van der Waals surface area contributed by atoms with Gasteiger partial charge < -0.3 is 23.8 Å². The van der Waals surface area contributed by atoms with Crippen molar-refractivity contribution in [1.29, 1.82) is 0 Å². The Morgan fingerprint density at radius 2 is 2.08 bits per heavy atom. The van der Waals surface area contributed by atoms with E-state index < -0.39 is 5.92 Å². The van der Waals surface area contributed by atoms with E-state index in [4.69, 9.17) is 18.9 Å². The SMILES string of the molecule is COC(=O)C(C)CN(CC1CCCO1)C(=O)COc1cccc(OC)c1. The highest BCUT2D eigenvalue weighted by Gasteiger charge is 2.26. The van der Waals surface area contributed by atoms with Crippen LogP contribution >= 0.6 is 0 Å². The molecule has 1 aliphatic rings. The van der Waals surface area contributed by atoms with E-state index in [-0.39, 0.29) is 31.1 Å². The predicted molar refractivity (Wildman–Crippen MR) is 95.2 cm³/mol. The summed E-state index contributed by atoms with van der Waals surface area (Å²) in [6, 6.07) is 7.07. The van der Waals surface area contributed by atoms with Crippen LogP contribution < -0.4 is 9.47 Å². The van der Waals surface area contributed by atoms with Crippen LogP contribution in [0.25, 0.3) is 0 Å². The number of methoxy groups -OCH3 is 2. The van der Waals surface area contributed by atoms with Gasteiger partial charge in [-0.2, -0.15) is 0 Å². The monoisotopic (exact) mass is 365 g/mol. The van der Waals surface area contributed by atoms with Gasteiger partial charge in [-0.3, -0.25) is 9.59 Å². The molecular formula is C19H27NO6. The number of carbonyl (C=O) groups excluding carboxylic acids is 2. The molecular weight excluding hydrogens is 338 g/mol. The number of benzene rings is 1. The van der Waals surface area contributed by atoms with Crippen molar-refractivity contribution in [3.63, 3.8) is 0 Å². The fraction of sp³-hybridized carbons (Fsp3) is 0.579. The lowest BCUT2D eigenvalue weighted by Crippen LogP contribution is -2.43. The molecule has 2 unspecified atom stereocenters. The molecule has 1 aliphatic heterocycles. The van der Waals surface area contributed by atoms with Crippen molar-refractivity contribution in [2.75, 3.05) is 40.5 Å². The van der Waals surface area contributed by atoms with Gasteiger partial charge in [0.05, 0.1) is 26.2 Å². The van der Waals surface area contributed by atoms with Crippen LogP contribution in [-0.2, 0) is 19.1 Å². The number of nitrogens with zero attached hydrogens (tertiary/aromatic N) is 1. The van der Waals surface area contributed by atoms with Crippen molar-refractivity contribution in [2.24, 2.45) is 5.92 Å². The summed E-state index contributed by atoms with van der Waals surface area (Å²) in [5.41, 5.74) is 0. The average Bonchev–Trinajstić information content (AvgIpc) is 3.18. The molecule has 1 aromatic carbocycles. The highest BCUT2D eigenvalue weighted by atomic mass is 16.5. The van der Waals surface area contributed by atoms with Crippen LogP contribution in [0.2, 0.25) is 0 Å². The topological polar surface area (TPSA) is 74.3 Å². The van der Waals surface area contributed by atoms with Gasteiger partial charge in [0, 0.05) is 25.8 Å². The number of rotatable bonds is 9. The number of carbonyl (C=O) groups is 2. The van der Waals surface area contributed by atoms with Crippen molar-refractivity contribution < 1.29 is 28.5 Å². The number of ether oxygens (including phenoxy) is 4. The zero-order valence-corrected chi connectivity index (χ0v) is 15.6. The number of hydrogen-bond acceptors (Lipinski definition) is 6. The van der Waals surface area contributed by atoms with E-state index in [2.05, 4.69) is 0 Å². The number of hydrogen-bond donors (Lipinski definition) is 0. The lowest BCUT2D eigenvalue weighted by Gasteiger charge is -2.27. The van der Waals surface area contributed by atoms with Crippen molar-refractivity contribution in [2.45, 2.75) is 25.9 Å². The van der Waals surface area contributed by atoms with Crippen LogP contribution in [0, 0.1) is 5.92 Å². The molecule has 1 aromatic rings. The Morgan fingerprint density at radius 3 is 2.73 bits per heavy atom. The highest BCUT2D eigenvalue weighted by Crippen LogP contribution is 2.19. The maximum absolute atomic E-state index is 12.7. The molecule has 0 spiro atoms. The third-order valence-corrected chi connectivity index (χ3v) is 4.30. The van der Waals surface area contributed by atoms with Crippen molar-refractivity contribution in [3.8, 4) is 11.5 Å². The molecule has 0 aromatic heterocycles. The van der Waals surface area contributed by atoms with Crippen LogP contribution in [0.1, 0.15) is 19.8 Å². The quantitative estimate of drug-likeness (QED) is 0.622. The Balaban J connectivity index is 1.97. The first kappa shape index (κ1) is 20.0. The molecule has 7 nitrogen and oxygen atoms in total. The molecule has 1 saturated heterocycles. The molecule has 1 amide bonds. The van der Waals surface area contributed by atoms with Crippen LogP contribution in [-0.4, -0.2) is 63.4 Å². The molecule has 1 fully saturated rings. The Labute approximate surface area is 154 Å². The molecule has 0 bridgehead atoms. The van der Waals surface area contributed by atoms with E-state index in [1.165, 1.54) is 7.11 Å². The van der Waals surface area contributed by atoms with Crippen molar-refractivity contribution >= 4 is 11.9 Å². The zero-order valence-electron chi connectivity index (χ0n) is 15.6. The standard InChI is InChI=1S/C19H27NO6/c1-14(19(22)24-3)11-20(12-17-8-5-9-25-17)18(21)13-26-16-7-4-6-15(10-16)23-2/h4,6-7,10,14,17H,5,8-9,11-13H2,1-3H3. The first-order valence-corrected chi connectivity index (χ1v) is 8.77. The minimum absolute atomic E-state index is 0.000571. The van der Waals surface area contributed by atoms with Crippen LogP contribution in [0.3, 0.4) is 0 Å². The number of esters is 1. The molecule has 0 N–H and O–H groups in total. The maximum Gasteiger partial charge on any atom is 0.310 e. The van der Waals surface area contributed by atoms with Crippen molar-refractivity contribution in [3.05, 3.63) is 24.3 Å². The van der Waals surface area contributed by atoms with E-state index in [1.807, 2.05) is 0 Å². The third kappa shape index (κ3) is 5.91.